The highest BCUT2D eigenvalue weighted by molar-refractivity contribution is 9.10. The van der Waals surface area contributed by atoms with Crippen LogP contribution >= 0.6 is 27.7 Å². The molecule has 146 valence electrons. The maximum Gasteiger partial charge on any atom is 0.263 e. The highest BCUT2D eigenvalue weighted by atomic mass is 79.9. The van der Waals surface area contributed by atoms with Gasteiger partial charge in [-0.3, -0.25) is 9.36 Å². The summed E-state index contributed by atoms with van der Waals surface area (Å²) >= 11 is 4.94. The number of nitrogens with zero attached hydrogens (tertiary/aromatic N) is 3. The Balaban J connectivity index is 1.51. The number of rotatable bonds is 7. The molecule has 0 N–H and O–H groups in total. The van der Waals surface area contributed by atoms with Crippen molar-refractivity contribution < 1.29 is 9.47 Å². The molecular weight excluding hydrogens is 442 g/mol. The van der Waals surface area contributed by atoms with Gasteiger partial charge < -0.3 is 9.47 Å². The van der Waals surface area contributed by atoms with Crippen molar-refractivity contribution in [2.24, 2.45) is 0 Å². The van der Waals surface area contributed by atoms with Crippen LogP contribution < -0.4 is 10.3 Å². The molecule has 1 aromatic carbocycles. The van der Waals surface area contributed by atoms with Crippen LogP contribution in [0.15, 0.2) is 57.0 Å². The molecular formula is C20H20BrN3O3S. The maximum atomic E-state index is 13.0. The zero-order valence-corrected chi connectivity index (χ0v) is 17.6. The predicted octanol–water partition coefficient (Wildman–Crippen LogP) is 3.90. The van der Waals surface area contributed by atoms with Gasteiger partial charge in [0.15, 0.2) is 10.8 Å². The summed E-state index contributed by atoms with van der Waals surface area (Å²) in [5, 5.41) is 1.19. The molecule has 28 heavy (non-hydrogen) atoms. The maximum absolute atomic E-state index is 13.0. The number of thioether (sulfide) groups is 1. The molecule has 4 rings (SSSR count). The van der Waals surface area contributed by atoms with Crippen molar-refractivity contribution in [2.75, 3.05) is 19.0 Å². The second kappa shape index (κ2) is 9.07. The molecule has 0 saturated carbocycles. The quantitative estimate of drug-likeness (QED) is 0.302. The Morgan fingerprint density at radius 1 is 1.32 bits per heavy atom. The van der Waals surface area contributed by atoms with Crippen LogP contribution in [0.25, 0.3) is 11.0 Å². The van der Waals surface area contributed by atoms with E-state index in [1.54, 1.807) is 22.9 Å². The SMILES string of the molecule is O=c1c2cccnc2nc(SCCOc2cccc(Br)c2)n1CC1CCCO1. The first-order valence-electron chi connectivity index (χ1n) is 9.19. The predicted molar refractivity (Wildman–Crippen MR) is 113 cm³/mol. The van der Waals surface area contributed by atoms with E-state index in [2.05, 4.69) is 25.9 Å². The molecule has 1 atom stereocenters. The molecule has 0 amide bonds. The van der Waals surface area contributed by atoms with Gasteiger partial charge in [-0.25, -0.2) is 9.97 Å². The molecule has 2 aromatic heterocycles. The van der Waals surface area contributed by atoms with Gasteiger partial charge in [-0.05, 0) is 43.2 Å². The van der Waals surface area contributed by atoms with E-state index in [1.165, 1.54) is 11.8 Å². The van der Waals surface area contributed by atoms with Crippen LogP contribution in [0.2, 0.25) is 0 Å². The molecule has 1 fully saturated rings. The zero-order chi connectivity index (χ0) is 19.3. The van der Waals surface area contributed by atoms with Gasteiger partial charge in [-0.2, -0.15) is 0 Å². The highest BCUT2D eigenvalue weighted by Gasteiger charge is 2.20. The number of ether oxygens (including phenoxy) is 2. The van der Waals surface area contributed by atoms with Gasteiger partial charge in [0.1, 0.15) is 5.75 Å². The second-order valence-corrected chi connectivity index (χ2v) is 8.45. The van der Waals surface area contributed by atoms with Crippen molar-refractivity contribution in [3.05, 3.63) is 57.4 Å². The Kier molecular flexibility index (Phi) is 6.29. The number of pyridine rings is 1. The van der Waals surface area contributed by atoms with Crippen LogP contribution in [-0.4, -0.2) is 39.6 Å². The Morgan fingerprint density at radius 3 is 3.07 bits per heavy atom. The summed E-state index contributed by atoms with van der Waals surface area (Å²) in [6.45, 7) is 1.79. The number of fused-ring (bicyclic) bond motifs is 1. The Morgan fingerprint density at radius 2 is 2.25 bits per heavy atom. The summed E-state index contributed by atoms with van der Waals surface area (Å²) in [7, 11) is 0. The lowest BCUT2D eigenvalue weighted by Crippen LogP contribution is -2.29. The highest BCUT2D eigenvalue weighted by Crippen LogP contribution is 2.21. The molecule has 3 aromatic rings. The largest absolute Gasteiger partial charge is 0.493 e. The number of aromatic nitrogens is 3. The molecule has 3 heterocycles. The van der Waals surface area contributed by atoms with Crippen molar-refractivity contribution in [3.8, 4) is 5.75 Å². The van der Waals surface area contributed by atoms with E-state index in [0.29, 0.717) is 35.1 Å². The normalized spacial score (nSPS) is 16.5. The lowest BCUT2D eigenvalue weighted by Gasteiger charge is -2.16. The average Bonchev–Trinajstić information content (AvgIpc) is 3.21. The molecule has 1 unspecified atom stereocenters. The summed E-state index contributed by atoms with van der Waals surface area (Å²) in [5.74, 6) is 1.47. The standard InChI is InChI=1S/C20H20BrN3O3S/c21-14-4-1-5-15(12-14)27-10-11-28-20-23-18-17(7-2-8-22-18)19(25)24(20)13-16-6-3-9-26-16/h1-2,4-5,7-8,12,16H,3,6,9-11,13H2. The summed E-state index contributed by atoms with van der Waals surface area (Å²) in [4.78, 5) is 21.9. The van der Waals surface area contributed by atoms with Crippen LogP contribution in [0.1, 0.15) is 12.8 Å². The van der Waals surface area contributed by atoms with E-state index in [0.717, 1.165) is 29.7 Å². The summed E-state index contributed by atoms with van der Waals surface area (Å²) in [6, 6.07) is 11.3. The fraction of sp³-hybridized carbons (Fsp3) is 0.350. The van der Waals surface area contributed by atoms with E-state index >= 15 is 0 Å². The van der Waals surface area contributed by atoms with Gasteiger partial charge in [0, 0.05) is 23.0 Å². The van der Waals surface area contributed by atoms with Gasteiger partial charge in [0.05, 0.1) is 24.6 Å². The van der Waals surface area contributed by atoms with E-state index in [9.17, 15) is 4.79 Å². The first kappa shape index (κ1) is 19.4. The van der Waals surface area contributed by atoms with E-state index in [4.69, 9.17) is 9.47 Å². The van der Waals surface area contributed by atoms with Crippen molar-refractivity contribution >= 4 is 38.7 Å². The van der Waals surface area contributed by atoms with Crippen molar-refractivity contribution in [3.63, 3.8) is 0 Å². The molecule has 1 saturated heterocycles. The summed E-state index contributed by atoms with van der Waals surface area (Å²) in [5.41, 5.74) is 0.413. The third-order valence-electron chi connectivity index (χ3n) is 4.48. The van der Waals surface area contributed by atoms with Gasteiger partial charge >= 0.3 is 0 Å². The van der Waals surface area contributed by atoms with E-state index in [1.807, 2.05) is 24.3 Å². The average molecular weight is 462 g/mol. The monoisotopic (exact) mass is 461 g/mol. The number of benzene rings is 1. The minimum absolute atomic E-state index is 0.0610. The van der Waals surface area contributed by atoms with Crippen LogP contribution in [0.3, 0.4) is 0 Å². The zero-order valence-electron chi connectivity index (χ0n) is 15.2. The lowest BCUT2D eigenvalue weighted by molar-refractivity contribution is 0.0937. The Labute approximate surface area is 175 Å². The number of hydrogen-bond donors (Lipinski definition) is 0. The first-order valence-corrected chi connectivity index (χ1v) is 11.0. The minimum atomic E-state index is -0.0657. The minimum Gasteiger partial charge on any atom is -0.493 e. The Hall–Kier alpha value is -1.90. The third-order valence-corrected chi connectivity index (χ3v) is 5.92. The summed E-state index contributed by atoms with van der Waals surface area (Å²) < 4.78 is 14.2. The number of halogens is 1. The molecule has 0 aliphatic carbocycles. The van der Waals surface area contributed by atoms with Crippen molar-refractivity contribution in [1.29, 1.82) is 0 Å². The van der Waals surface area contributed by atoms with Crippen molar-refractivity contribution in [2.45, 2.75) is 30.6 Å². The fourth-order valence-electron chi connectivity index (χ4n) is 3.15. The number of hydrogen-bond acceptors (Lipinski definition) is 6. The van der Waals surface area contributed by atoms with E-state index in [-0.39, 0.29) is 11.7 Å². The van der Waals surface area contributed by atoms with Crippen LogP contribution in [0, 0.1) is 0 Å². The smallest absolute Gasteiger partial charge is 0.263 e. The molecule has 0 bridgehead atoms. The first-order chi connectivity index (χ1) is 13.7. The lowest BCUT2D eigenvalue weighted by atomic mass is 10.2. The second-order valence-electron chi connectivity index (χ2n) is 6.47. The molecule has 8 heteroatoms. The molecule has 1 aliphatic rings. The van der Waals surface area contributed by atoms with Gasteiger partial charge in [-0.15, -0.1) is 0 Å². The summed E-state index contributed by atoms with van der Waals surface area (Å²) in [6.07, 6.45) is 3.72. The van der Waals surface area contributed by atoms with Crippen LogP contribution in [0.5, 0.6) is 5.75 Å². The molecule has 0 spiro atoms. The molecule has 1 aliphatic heterocycles. The van der Waals surface area contributed by atoms with Crippen LogP contribution in [0.4, 0.5) is 0 Å². The van der Waals surface area contributed by atoms with E-state index < -0.39 is 0 Å². The van der Waals surface area contributed by atoms with Crippen LogP contribution in [-0.2, 0) is 11.3 Å². The molecule has 0 radical (unpaired) electrons. The fourth-order valence-corrected chi connectivity index (χ4v) is 4.34. The Bertz CT molecular complexity index is 1020. The van der Waals surface area contributed by atoms with Gasteiger partial charge in [0.2, 0.25) is 0 Å². The van der Waals surface area contributed by atoms with Crippen molar-refractivity contribution in [1.82, 2.24) is 14.5 Å². The van der Waals surface area contributed by atoms with Gasteiger partial charge in [-0.1, -0.05) is 33.8 Å². The molecule has 6 nitrogen and oxygen atoms in total. The third kappa shape index (κ3) is 4.56. The topological polar surface area (TPSA) is 66.2 Å². The van der Waals surface area contributed by atoms with Gasteiger partial charge in [0.25, 0.3) is 5.56 Å².